The van der Waals surface area contributed by atoms with Crippen molar-refractivity contribution in [3.63, 3.8) is 0 Å². The second-order valence-electron chi connectivity index (χ2n) is 6.77. The average molecular weight is 377 g/mol. The smallest absolute Gasteiger partial charge is 0.238 e. The molecule has 0 aliphatic carbocycles. The average Bonchev–Trinajstić information content (AvgIpc) is 3.37. The molecule has 3 aromatic rings. The zero-order valence-electron chi connectivity index (χ0n) is 15.6. The molecule has 2 aromatic heterocycles. The molecule has 7 nitrogen and oxygen atoms in total. The Morgan fingerprint density at radius 1 is 1.18 bits per heavy atom. The van der Waals surface area contributed by atoms with Crippen LogP contribution in [0.3, 0.4) is 0 Å². The summed E-state index contributed by atoms with van der Waals surface area (Å²) >= 11 is 0. The van der Waals surface area contributed by atoms with E-state index in [1.165, 1.54) is 0 Å². The highest BCUT2D eigenvalue weighted by Crippen LogP contribution is 2.24. The Morgan fingerprint density at radius 3 is 2.82 bits per heavy atom. The van der Waals surface area contributed by atoms with Gasteiger partial charge in [0.15, 0.2) is 0 Å². The van der Waals surface area contributed by atoms with Gasteiger partial charge >= 0.3 is 0 Å². The van der Waals surface area contributed by atoms with Gasteiger partial charge in [0, 0.05) is 37.2 Å². The number of amides is 1. The van der Waals surface area contributed by atoms with Crippen LogP contribution < -0.4 is 20.9 Å². The molecule has 1 saturated heterocycles. The topological polar surface area (TPSA) is 80.2 Å². The Morgan fingerprint density at radius 2 is 2.04 bits per heavy atom. The van der Waals surface area contributed by atoms with E-state index in [0.717, 1.165) is 11.3 Å². The largest absolute Gasteiger partial charge is 0.439 e. The van der Waals surface area contributed by atoms with Gasteiger partial charge in [-0.2, -0.15) is 0 Å². The third-order valence-electron chi connectivity index (χ3n) is 4.82. The highest BCUT2D eigenvalue weighted by molar-refractivity contribution is 5.82. The molecule has 3 N–H and O–H groups in total. The standard InChI is InChI=1S/C21H23N5O2/c1-26-12-6-10-19(26)17-13-18(25-24-17)20(27)23-14-15-7-5-11-22-21(15)28-16-8-3-2-4-9-16/h2-12,17-18,24-25H,13-14H2,1H3,(H,23,27). The second-order valence-corrected chi connectivity index (χ2v) is 6.77. The normalized spacial score (nSPS) is 18.8. The monoisotopic (exact) mass is 377 g/mol. The first-order valence-electron chi connectivity index (χ1n) is 9.27. The molecule has 2 atom stereocenters. The molecule has 1 aromatic carbocycles. The number of aromatic nitrogens is 2. The van der Waals surface area contributed by atoms with Gasteiger partial charge in [0.05, 0.1) is 6.04 Å². The van der Waals surface area contributed by atoms with Gasteiger partial charge in [0.25, 0.3) is 0 Å². The van der Waals surface area contributed by atoms with Crippen LogP contribution in [0.15, 0.2) is 67.0 Å². The Labute approximate surface area is 163 Å². The molecule has 1 fully saturated rings. The van der Waals surface area contributed by atoms with E-state index in [1.807, 2.05) is 61.8 Å². The van der Waals surface area contributed by atoms with Crippen molar-refractivity contribution in [2.75, 3.05) is 0 Å². The van der Waals surface area contributed by atoms with Crippen molar-refractivity contribution in [2.24, 2.45) is 7.05 Å². The zero-order chi connectivity index (χ0) is 19.3. The van der Waals surface area contributed by atoms with Crippen LogP contribution in [-0.4, -0.2) is 21.5 Å². The molecule has 1 aliphatic heterocycles. The van der Waals surface area contributed by atoms with Crippen molar-refractivity contribution in [2.45, 2.75) is 25.0 Å². The number of hydrazine groups is 1. The number of carbonyl (C=O) groups is 1. The summed E-state index contributed by atoms with van der Waals surface area (Å²) in [4.78, 5) is 16.9. The number of aryl methyl sites for hydroxylation is 1. The van der Waals surface area contributed by atoms with E-state index in [0.29, 0.717) is 24.6 Å². The Hall–Kier alpha value is -3.16. The summed E-state index contributed by atoms with van der Waals surface area (Å²) in [5.74, 6) is 1.15. The first-order chi connectivity index (χ1) is 13.7. The number of benzene rings is 1. The third kappa shape index (κ3) is 4.05. The first kappa shape index (κ1) is 18.2. The lowest BCUT2D eigenvalue weighted by Gasteiger charge is -2.13. The van der Waals surface area contributed by atoms with Crippen LogP contribution in [0, 0.1) is 0 Å². The van der Waals surface area contributed by atoms with E-state index in [1.54, 1.807) is 6.20 Å². The number of nitrogens with one attached hydrogen (secondary N) is 3. The van der Waals surface area contributed by atoms with E-state index in [9.17, 15) is 4.79 Å². The maximum atomic E-state index is 12.6. The fraction of sp³-hybridized carbons (Fsp3) is 0.238. The molecule has 1 aliphatic rings. The van der Waals surface area contributed by atoms with E-state index in [-0.39, 0.29) is 18.0 Å². The maximum absolute atomic E-state index is 12.6. The fourth-order valence-electron chi connectivity index (χ4n) is 3.31. The second kappa shape index (κ2) is 8.24. The van der Waals surface area contributed by atoms with Crippen molar-refractivity contribution in [1.29, 1.82) is 0 Å². The third-order valence-corrected chi connectivity index (χ3v) is 4.82. The van der Waals surface area contributed by atoms with Crippen molar-refractivity contribution in [3.05, 3.63) is 78.2 Å². The lowest BCUT2D eigenvalue weighted by atomic mass is 10.1. The molecule has 0 saturated carbocycles. The molecule has 0 spiro atoms. The summed E-state index contributed by atoms with van der Waals surface area (Å²) in [5.41, 5.74) is 8.27. The van der Waals surface area contributed by atoms with Crippen LogP contribution in [-0.2, 0) is 18.4 Å². The molecular weight excluding hydrogens is 354 g/mol. The Kier molecular flexibility index (Phi) is 5.36. The number of hydrogen-bond acceptors (Lipinski definition) is 5. The summed E-state index contributed by atoms with van der Waals surface area (Å²) in [6.45, 7) is 0.349. The molecule has 1 amide bonds. The van der Waals surface area contributed by atoms with Crippen LogP contribution in [0.5, 0.6) is 11.6 Å². The minimum atomic E-state index is -0.296. The molecular formula is C21H23N5O2. The number of ether oxygens (including phenoxy) is 1. The highest BCUT2D eigenvalue weighted by atomic mass is 16.5. The van der Waals surface area contributed by atoms with E-state index < -0.39 is 0 Å². The number of rotatable bonds is 6. The highest BCUT2D eigenvalue weighted by Gasteiger charge is 2.31. The van der Waals surface area contributed by atoms with Gasteiger partial charge in [-0.05, 0) is 36.8 Å². The Balaban J connectivity index is 1.36. The number of hydrogen-bond donors (Lipinski definition) is 3. The van der Waals surface area contributed by atoms with Crippen molar-refractivity contribution in [3.8, 4) is 11.6 Å². The number of carbonyl (C=O) groups excluding carboxylic acids is 1. The van der Waals surface area contributed by atoms with Gasteiger partial charge in [0.2, 0.25) is 11.8 Å². The lowest BCUT2D eigenvalue weighted by Crippen LogP contribution is -2.42. The molecule has 2 unspecified atom stereocenters. The van der Waals surface area contributed by atoms with Gasteiger partial charge in [-0.15, -0.1) is 0 Å². The molecule has 0 radical (unpaired) electrons. The summed E-state index contributed by atoms with van der Waals surface area (Å²) in [5, 5.41) is 2.98. The van der Waals surface area contributed by atoms with E-state index in [4.69, 9.17) is 4.74 Å². The van der Waals surface area contributed by atoms with E-state index >= 15 is 0 Å². The minimum absolute atomic E-state index is 0.0567. The molecule has 144 valence electrons. The quantitative estimate of drug-likeness (QED) is 0.615. The first-order valence-corrected chi connectivity index (χ1v) is 9.27. The van der Waals surface area contributed by atoms with Gasteiger partial charge in [-0.1, -0.05) is 24.3 Å². The molecule has 7 heteroatoms. The predicted molar refractivity (Wildman–Crippen MR) is 105 cm³/mol. The van der Waals surface area contributed by atoms with Crippen LogP contribution in [0.4, 0.5) is 0 Å². The summed E-state index contributed by atoms with van der Waals surface area (Å²) in [6.07, 6.45) is 4.36. The molecule has 28 heavy (non-hydrogen) atoms. The molecule has 0 bridgehead atoms. The van der Waals surface area contributed by atoms with Crippen LogP contribution in [0.25, 0.3) is 0 Å². The molecule has 3 heterocycles. The summed E-state index contributed by atoms with van der Waals surface area (Å²) in [6, 6.07) is 17.1. The van der Waals surface area contributed by atoms with Crippen LogP contribution in [0.1, 0.15) is 23.7 Å². The van der Waals surface area contributed by atoms with Crippen molar-refractivity contribution in [1.82, 2.24) is 25.7 Å². The maximum Gasteiger partial charge on any atom is 0.238 e. The van der Waals surface area contributed by atoms with Gasteiger partial charge < -0.3 is 14.6 Å². The number of pyridine rings is 1. The molecule has 4 rings (SSSR count). The Bertz CT molecular complexity index is 941. The SMILES string of the molecule is Cn1cccc1C1CC(C(=O)NCc2cccnc2Oc2ccccc2)NN1. The van der Waals surface area contributed by atoms with Gasteiger partial charge in [-0.25, -0.2) is 15.8 Å². The van der Waals surface area contributed by atoms with Gasteiger partial charge in [-0.3, -0.25) is 4.79 Å². The lowest BCUT2D eigenvalue weighted by molar-refractivity contribution is -0.123. The van der Waals surface area contributed by atoms with Crippen molar-refractivity contribution < 1.29 is 9.53 Å². The van der Waals surface area contributed by atoms with Crippen LogP contribution >= 0.6 is 0 Å². The fourth-order valence-corrected chi connectivity index (χ4v) is 3.31. The minimum Gasteiger partial charge on any atom is -0.439 e. The van der Waals surface area contributed by atoms with Gasteiger partial charge in [0.1, 0.15) is 11.8 Å². The van der Waals surface area contributed by atoms with Crippen molar-refractivity contribution >= 4 is 5.91 Å². The van der Waals surface area contributed by atoms with Crippen LogP contribution in [0.2, 0.25) is 0 Å². The number of para-hydroxylation sites is 1. The summed E-state index contributed by atoms with van der Waals surface area (Å²) < 4.78 is 7.91. The summed E-state index contributed by atoms with van der Waals surface area (Å²) in [7, 11) is 2.00. The number of nitrogens with zero attached hydrogens (tertiary/aromatic N) is 2. The predicted octanol–water partition coefficient (Wildman–Crippen LogP) is 2.44. The van der Waals surface area contributed by atoms with E-state index in [2.05, 4.69) is 31.8 Å². The zero-order valence-corrected chi connectivity index (χ0v) is 15.6.